The first-order valence-corrected chi connectivity index (χ1v) is 13.8. The zero-order valence-corrected chi connectivity index (χ0v) is 20.9. The molecule has 1 saturated heterocycles. The van der Waals surface area contributed by atoms with E-state index in [1.54, 1.807) is 18.3 Å². The summed E-state index contributed by atoms with van der Waals surface area (Å²) in [6.45, 7) is 15.0. The van der Waals surface area contributed by atoms with E-state index in [1.165, 1.54) is 7.11 Å². The van der Waals surface area contributed by atoms with Gasteiger partial charge in [0.15, 0.2) is 14.1 Å². The summed E-state index contributed by atoms with van der Waals surface area (Å²) in [7, 11) is -0.377. The van der Waals surface area contributed by atoms with Crippen LogP contribution >= 0.6 is 0 Å². The van der Waals surface area contributed by atoms with Crippen molar-refractivity contribution in [2.75, 3.05) is 44.9 Å². The fourth-order valence-electron chi connectivity index (χ4n) is 3.40. The van der Waals surface area contributed by atoms with Crippen LogP contribution in [0.5, 0.6) is 5.75 Å². The molecule has 0 aliphatic carbocycles. The minimum atomic E-state index is -1.83. The topological polar surface area (TPSA) is 91.9 Å². The van der Waals surface area contributed by atoms with Crippen molar-refractivity contribution >= 4 is 19.7 Å². The quantitative estimate of drug-likeness (QED) is 0.328. The molecule has 2 heterocycles. The van der Waals surface area contributed by atoms with Crippen LogP contribution in [0.4, 0.5) is 11.4 Å². The van der Waals surface area contributed by atoms with Crippen molar-refractivity contribution in [1.29, 1.82) is 0 Å². The fraction of sp³-hybridized carbons (Fsp3) is 0.591. The number of anilines is 1. The molecule has 2 aromatic rings. The van der Waals surface area contributed by atoms with Crippen LogP contribution in [0.25, 0.3) is 11.1 Å². The predicted molar refractivity (Wildman–Crippen MR) is 127 cm³/mol. The molecule has 176 valence electrons. The lowest BCUT2D eigenvalue weighted by molar-refractivity contribution is -0.385. The zero-order valence-electron chi connectivity index (χ0n) is 19.9. The van der Waals surface area contributed by atoms with Crippen molar-refractivity contribution in [2.45, 2.75) is 45.4 Å². The van der Waals surface area contributed by atoms with Crippen LogP contribution in [-0.2, 0) is 15.7 Å². The monoisotopic (exact) mass is 462 g/mol. The molecule has 1 aliphatic heterocycles. The number of morpholine rings is 1. The molecule has 0 saturated carbocycles. The van der Waals surface area contributed by atoms with Crippen LogP contribution in [0.15, 0.2) is 24.5 Å². The van der Waals surface area contributed by atoms with Gasteiger partial charge in [0, 0.05) is 48.2 Å². The lowest BCUT2D eigenvalue weighted by Crippen LogP contribution is -2.41. The van der Waals surface area contributed by atoms with E-state index in [1.807, 2.05) is 10.9 Å². The van der Waals surface area contributed by atoms with Gasteiger partial charge in [-0.05, 0) is 18.1 Å². The smallest absolute Gasteiger partial charge is 0.311 e. The molecular weight excluding hydrogens is 428 g/mol. The van der Waals surface area contributed by atoms with E-state index in [0.29, 0.717) is 39.5 Å². The highest BCUT2D eigenvalue weighted by atomic mass is 28.4. The maximum absolute atomic E-state index is 11.6. The Morgan fingerprint density at radius 3 is 2.53 bits per heavy atom. The third-order valence-electron chi connectivity index (χ3n) is 6.38. The van der Waals surface area contributed by atoms with Gasteiger partial charge in [0.2, 0.25) is 0 Å². The van der Waals surface area contributed by atoms with Gasteiger partial charge in [-0.3, -0.25) is 14.8 Å². The first-order valence-electron chi connectivity index (χ1n) is 10.9. The predicted octanol–water partition coefficient (Wildman–Crippen LogP) is 4.33. The average molecular weight is 463 g/mol. The first kappa shape index (κ1) is 24.2. The highest BCUT2D eigenvalue weighted by molar-refractivity contribution is 6.74. The third-order valence-corrected chi connectivity index (χ3v) is 10.9. The molecule has 3 rings (SSSR count). The van der Waals surface area contributed by atoms with Crippen LogP contribution in [0.1, 0.15) is 20.8 Å². The van der Waals surface area contributed by atoms with Crippen LogP contribution < -0.4 is 9.64 Å². The maximum Gasteiger partial charge on any atom is 0.311 e. The van der Waals surface area contributed by atoms with E-state index in [4.69, 9.17) is 13.9 Å². The Hall–Kier alpha value is -2.43. The molecule has 0 amide bonds. The van der Waals surface area contributed by atoms with Crippen LogP contribution in [0.2, 0.25) is 18.1 Å². The molecule has 0 spiro atoms. The third kappa shape index (κ3) is 5.30. The number of ether oxygens (including phenoxy) is 2. The van der Waals surface area contributed by atoms with Gasteiger partial charge in [-0.15, -0.1) is 0 Å². The molecule has 1 aromatic carbocycles. The van der Waals surface area contributed by atoms with E-state index in [0.717, 1.165) is 16.8 Å². The van der Waals surface area contributed by atoms with Crippen LogP contribution in [0, 0.1) is 10.1 Å². The summed E-state index contributed by atoms with van der Waals surface area (Å²) in [5.74, 6) is 0.246. The van der Waals surface area contributed by atoms with Crippen molar-refractivity contribution in [3.8, 4) is 16.9 Å². The van der Waals surface area contributed by atoms with Crippen molar-refractivity contribution < 1.29 is 18.8 Å². The Morgan fingerprint density at radius 1 is 1.25 bits per heavy atom. The lowest BCUT2D eigenvalue weighted by atomic mass is 10.0. The van der Waals surface area contributed by atoms with E-state index >= 15 is 0 Å². The normalized spacial score (nSPS) is 15.1. The summed E-state index contributed by atoms with van der Waals surface area (Å²) in [5, 5.41) is 16.3. The van der Waals surface area contributed by atoms with Gasteiger partial charge >= 0.3 is 5.69 Å². The Kier molecular flexibility index (Phi) is 7.26. The number of nitro groups is 1. The molecule has 10 heteroatoms. The molecule has 1 aliphatic rings. The van der Waals surface area contributed by atoms with Gasteiger partial charge in [-0.25, -0.2) is 0 Å². The Morgan fingerprint density at radius 2 is 1.94 bits per heavy atom. The molecule has 32 heavy (non-hydrogen) atoms. The summed E-state index contributed by atoms with van der Waals surface area (Å²) in [4.78, 5) is 13.4. The van der Waals surface area contributed by atoms with Gasteiger partial charge in [0.05, 0.1) is 44.6 Å². The van der Waals surface area contributed by atoms with Crippen molar-refractivity contribution in [3.05, 3.63) is 34.6 Å². The molecule has 1 fully saturated rings. The van der Waals surface area contributed by atoms with Crippen molar-refractivity contribution in [2.24, 2.45) is 0 Å². The minimum absolute atomic E-state index is 0.0616. The summed E-state index contributed by atoms with van der Waals surface area (Å²) >= 11 is 0. The lowest BCUT2D eigenvalue weighted by Gasteiger charge is -2.36. The maximum atomic E-state index is 11.6. The van der Waals surface area contributed by atoms with Crippen molar-refractivity contribution in [3.63, 3.8) is 0 Å². The van der Waals surface area contributed by atoms with Gasteiger partial charge < -0.3 is 18.8 Å². The number of hydrogen-bond acceptors (Lipinski definition) is 7. The van der Waals surface area contributed by atoms with Gasteiger partial charge in [-0.2, -0.15) is 5.10 Å². The van der Waals surface area contributed by atoms with Crippen LogP contribution in [-0.4, -0.2) is 63.0 Å². The fourth-order valence-corrected chi connectivity index (χ4v) is 4.43. The molecule has 1 aromatic heterocycles. The number of nitro benzene ring substituents is 1. The molecule has 0 atom stereocenters. The SMILES string of the molecule is COc1cc(N2CCOCC2)c(-c2cnn(CCO[Si](C)(C)C(C)(C)C)c2)cc1[N+](=O)[O-]. The molecule has 9 nitrogen and oxygen atoms in total. The number of rotatable bonds is 8. The second-order valence-corrected chi connectivity index (χ2v) is 14.3. The summed E-state index contributed by atoms with van der Waals surface area (Å²) in [6, 6.07) is 3.33. The van der Waals surface area contributed by atoms with E-state index in [2.05, 4.69) is 43.9 Å². The summed E-state index contributed by atoms with van der Waals surface area (Å²) in [5.41, 5.74) is 2.40. The number of methoxy groups -OCH3 is 1. The summed E-state index contributed by atoms with van der Waals surface area (Å²) in [6.07, 6.45) is 3.67. The number of aromatic nitrogens is 2. The van der Waals surface area contributed by atoms with Gasteiger partial charge in [-0.1, -0.05) is 20.8 Å². The molecule has 0 bridgehead atoms. The molecule has 0 radical (unpaired) electrons. The Balaban J connectivity index is 1.87. The number of benzene rings is 1. The Bertz CT molecular complexity index is 948. The van der Waals surface area contributed by atoms with E-state index in [-0.39, 0.29) is 16.5 Å². The van der Waals surface area contributed by atoms with Crippen molar-refractivity contribution in [1.82, 2.24) is 9.78 Å². The first-order chi connectivity index (χ1) is 15.0. The van der Waals surface area contributed by atoms with E-state index < -0.39 is 13.2 Å². The number of nitrogens with zero attached hydrogens (tertiary/aromatic N) is 4. The number of hydrogen-bond donors (Lipinski definition) is 0. The molecular formula is C22H34N4O5Si. The van der Waals surface area contributed by atoms with E-state index in [9.17, 15) is 10.1 Å². The van der Waals surface area contributed by atoms with Gasteiger partial charge in [0.25, 0.3) is 0 Å². The minimum Gasteiger partial charge on any atom is -0.490 e. The van der Waals surface area contributed by atoms with Gasteiger partial charge in [0.1, 0.15) is 0 Å². The standard InChI is InChI=1S/C22H34N4O5Si/c1-22(2,3)32(5,6)31-12-9-25-16-17(15-23-25)18-13-20(26(27)28)21(29-4)14-19(18)24-7-10-30-11-8-24/h13-16H,7-12H2,1-6H3. The largest absolute Gasteiger partial charge is 0.490 e. The average Bonchev–Trinajstić information content (AvgIpc) is 3.21. The summed E-state index contributed by atoms with van der Waals surface area (Å²) < 4.78 is 18.9. The Labute approximate surface area is 190 Å². The zero-order chi connectivity index (χ0) is 23.5. The molecule has 0 N–H and O–H groups in total. The second kappa shape index (κ2) is 9.59. The highest BCUT2D eigenvalue weighted by Gasteiger charge is 2.36. The molecule has 0 unspecified atom stereocenters. The highest BCUT2D eigenvalue weighted by Crippen LogP contribution is 2.40. The van der Waals surface area contributed by atoms with Crippen LogP contribution in [0.3, 0.4) is 0 Å². The second-order valence-electron chi connectivity index (χ2n) is 9.50.